The van der Waals surface area contributed by atoms with Crippen molar-refractivity contribution < 1.29 is 14.6 Å². The van der Waals surface area contributed by atoms with Crippen molar-refractivity contribution in [2.75, 3.05) is 36.4 Å². The van der Waals surface area contributed by atoms with Crippen molar-refractivity contribution in [3.05, 3.63) is 54.0 Å². The average molecular weight is 390 g/mol. The van der Waals surface area contributed by atoms with Crippen molar-refractivity contribution in [3.8, 4) is 0 Å². The van der Waals surface area contributed by atoms with E-state index in [1.54, 1.807) is 12.3 Å². The number of anilines is 2. The Bertz CT molecular complexity index is 960. The predicted molar refractivity (Wildman–Crippen MR) is 109 cm³/mol. The highest BCUT2D eigenvalue weighted by molar-refractivity contribution is 5.93. The maximum Gasteiger partial charge on any atom is 0.307 e. The lowest BCUT2D eigenvalue weighted by Crippen LogP contribution is -2.32. The molecule has 2 fully saturated rings. The summed E-state index contributed by atoms with van der Waals surface area (Å²) >= 11 is 0. The summed E-state index contributed by atoms with van der Waals surface area (Å²) in [6.07, 6.45) is 10.3. The summed E-state index contributed by atoms with van der Waals surface area (Å²) < 4.78 is 0. The molecule has 2 N–H and O–H groups in total. The number of aromatic amines is 1. The molecule has 0 aromatic carbocycles. The van der Waals surface area contributed by atoms with Gasteiger partial charge in [0.1, 0.15) is 0 Å². The maximum absolute atomic E-state index is 12.7. The second kappa shape index (κ2) is 7.31. The number of fused-ring (bicyclic) bond motifs is 2. The minimum atomic E-state index is 0.0360. The van der Waals surface area contributed by atoms with E-state index < -0.39 is 0 Å². The number of aryl methyl sites for hydroxylation is 1. The predicted octanol–water partition coefficient (Wildman–Crippen LogP) is 1.39. The smallest absolute Gasteiger partial charge is 0.307 e. The number of hydrogen-bond acceptors (Lipinski definition) is 4. The van der Waals surface area contributed by atoms with Crippen molar-refractivity contribution in [3.63, 3.8) is 0 Å². The molecule has 0 spiro atoms. The number of carbonyl (C=O) groups is 2. The molecule has 3 aliphatic heterocycles. The Morgan fingerprint density at radius 3 is 2.79 bits per heavy atom. The topological polar surface area (TPSA) is 79.7 Å². The van der Waals surface area contributed by atoms with Gasteiger partial charge in [0.15, 0.2) is 0 Å². The van der Waals surface area contributed by atoms with Gasteiger partial charge in [-0.3, -0.25) is 9.78 Å². The van der Waals surface area contributed by atoms with Crippen molar-refractivity contribution in [2.24, 2.45) is 11.8 Å². The van der Waals surface area contributed by atoms with Gasteiger partial charge < -0.3 is 9.80 Å². The summed E-state index contributed by atoms with van der Waals surface area (Å²) in [5.41, 5.74) is 3.18. The highest BCUT2D eigenvalue weighted by atomic mass is 16.2. The number of pyridine rings is 2. The molecule has 0 aliphatic carbocycles. The Hall–Kier alpha value is -3.22. The lowest BCUT2D eigenvalue weighted by Gasteiger charge is -2.22. The number of likely N-dealkylation sites (tertiary alicyclic amines) is 1. The number of aromatic nitrogens is 2. The molecule has 2 saturated heterocycles. The van der Waals surface area contributed by atoms with Gasteiger partial charge in [0.2, 0.25) is 5.91 Å². The molecule has 2 aromatic rings. The number of rotatable bonds is 3. The fraction of sp³-hybridized carbons (Fsp3) is 0.364. The van der Waals surface area contributed by atoms with Gasteiger partial charge in [-0.2, -0.15) is 0 Å². The molecule has 0 bridgehead atoms. The van der Waals surface area contributed by atoms with Crippen LogP contribution in [0.5, 0.6) is 0 Å². The van der Waals surface area contributed by atoms with Crippen molar-refractivity contribution in [1.82, 2.24) is 9.88 Å². The number of carbonyl (C=O) groups excluding carboxylic acids is 2. The second-order valence-electron chi connectivity index (χ2n) is 8.09. The minimum absolute atomic E-state index is 0.0360. The third kappa shape index (κ3) is 3.60. The highest BCUT2D eigenvalue weighted by Gasteiger charge is 2.41. The van der Waals surface area contributed by atoms with Crippen LogP contribution in [0.4, 0.5) is 11.5 Å². The van der Waals surface area contributed by atoms with Crippen LogP contribution in [0.3, 0.4) is 0 Å². The molecule has 5 heterocycles. The highest BCUT2D eigenvalue weighted by Crippen LogP contribution is 2.33. The van der Waals surface area contributed by atoms with E-state index in [1.165, 1.54) is 5.69 Å². The first-order chi connectivity index (χ1) is 14.2. The largest absolute Gasteiger partial charge is 0.370 e. The second-order valence-corrected chi connectivity index (χ2v) is 8.09. The summed E-state index contributed by atoms with van der Waals surface area (Å²) in [5, 5.41) is 2.83. The van der Waals surface area contributed by atoms with Gasteiger partial charge >= 0.3 is 5.91 Å². The van der Waals surface area contributed by atoms with E-state index in [2.05, 4.69) is 26.3 Å². The van der Waals surface area contributed by atoms with E-state index in [1.807, 2.05) is 35.5 Å². The molecule has 0 unspecified atom stereocenters. The van der Waals surface area contributed by atoms with E-state index in [9.17, 15) is 9.59 Å². The standard InChI is InChI=1S/C22H23N5O2/c28-20-5-4-16-8-15(9-24-22(16)25-20)3-6-21(29)27-13-17-11-26(12-18(17)14-27)19-2-1-7-23-10-19/h1-3,6-10,17-18H,4-5,11-14H2,(H,24,25,28)/p+1/b6-3+/t17-,18+. The molecule has 3 aliphatic rings. The molecule has 2 amide bonds. The maximum atomic E-state index is 12.7. The van der Waals surface area contributed by atoms with Crippen molar-refractivity contribution in [2.45, 2.75) is 12.8 Å². The SMILES string of the molecule is O=C1CCc2cc(/C=C/C(=O)N3C[C@@H]4CN(c5cccnc5)C[C@@H]4C3)c[nH+]c2N1. The first-order valence-electron chi connectivity index (χ1n) is 10.1. The molecule has 2 aromatic heterocycles. The van der Waals surface area contributed by atoms with Gasteiger partial charge in [0.05, 0.1) is 24.5 Å². The van der Waals surface area contributed by atoms with Gasteiger partial charge in [-0.15, -0.1) is 0 Å². The lowest BCUT2D eigenvalue weighted by molar-refractivity contribution is -0.361. The molecule has 0 radical (unpaired) electrons. The van der Waals surface area contributed by atoms with E-state index in [-0.39, 0.29) is 11.8 Å². The minimum Gasteiger partial charge on any atom is -0.370 e. The van der Waals surface area contributed by atoms with Crippen LogP contribution in [-0.2, 0) is 16.0 Å². The summed E-state index contributed by atoms with van der Waals surface area (Å²) in [6, 6.07) is 6.09. The Balaban J connectivity index is 1.19. The van der Waals surface area contributed by atoms with Crippen molar-refractivity contribution in [1.29, 1.82) is 0 Å². The van der Waals surface area contributed by atoms with Gasteiger partial charge in [-0.25, -0.2) is 15.1 Å². The van der Waals surface area contributed by atoms with E-state index in [0.29, 0.717) is 18.3 Å². The Morgan fingerprint density at radius 2 is 2.03 bits per heavy atom. The first-order valence-corrected chi connectivity index (χ1v) is 10.1. The number of nitrogens with one attached hydrogen (secondary N) is 2. The molecule has 148 valence electrons. The number of nitrogens with zero attached hydrogens (tertiary/aromatic N) is 3. The van der Waals surface area contributed by atoms with Crippen LogP contribution in [-0.4, -0.2) is 47.9 Å². The van der Waals surface area contributed by atoms with E-state index in [0.717, 1.165) is 49.5 Å². The number of H-pyrrole nitrogens is 1. The molecule has 7 nitrogen and oxygen atoms in total. The van der Waals surface area contributed by atoms with Crippen LogP contribution in [0, 0.1) is 11.8 Å². The molecule has 2 atom stereocenters. The summed E-state index contributed by atoms with van der Waals surface area (Å²) in [5.74, 6) is 1.91. The normalized spacial score (nSPS) is 23.2. The van der Waals surface area contributed by atoms with E-state index >= 15 is 0 Å². The fourth-order valence-corrected chi connectivity index (χ4v) is 4.62. The Morgan fingerprint density at radius 1 is 1.21 bits per heavy atom. The van der Waals surface area contributed by atoms with E-state index in [4.69, 9.17) is 0 Å². The molecule has 29 heavy (non-hydrogen) atoms. The number of amides is 2. The summed E-state index contributed by atoms with van der Waals surface area (Å²) in [6.45, 7) is 3.59. The summed E-state index contributed by atoms with van der Waals surface area (Å²) in [4.78, 5) is 35.8. The molecular weight excluding hydrogens is 366 g/mol. The van der Waals surface area contributed by atoms with Crippen LogP contribution in [0.25, 0.3) is 6.08 Å². The molecule has 5 rings (SSSR count). The molecule has 0 saturated carbocycles. The quantitative estimate of drug-likeness (QED) is 0.804. The van der Waals surface area contributed by atoms with Gasteiger partial charge in [-0.1, -0.05) is 0 Å². The molecular formula is C22H24N5O2+. The van der Waals surface area contributed by atoms with Crippen LogP contribution >= 0.6 is 0 Å². The average Bonchev–Trinajstić information content (AvgIpc) is 3.32. The zero-order valence-electron chi connectivity index (χ0n) is 16.2. The third-order valence-corrected chi connectivity index (χ3v) is 6.16. The van der Waals surface area contributed by atoms with Gasteiger partial charge in [0, 0.05) is 61.4 Å². The fourth-order valence-electron chi connectivity index (χ4n) is 4.62. The monoisotopic (exact) mass is 390 g/mol. The molecule has 7 heteroatoms. The number of hydrogen-bond donors (Lipinski definition) is 1. The Labute approximate surface area is 169 Å². The van der Waals surface area contributed by atoms with Crippen LogP contribution in [0.1, 0.15) is 17.5 Å². The van der Waals surface area contributed by atoms with Gasteiger partial charge in [0.25, 0.3) is 5.82 Å². The Kier molecular flexibility index (Phi) is 4.50. The lowest BCUT2D eigenvalue weighted by atomic mass is 10.0. The van der Waals surface area contributed by atoms with Crippen LogP contribution < -0.4 is 15.2 Å². The van der Waals surface area contributed by atoms with Crippen molar-refractivity contribution >= 4 is 29.4 Å². The summed E-state index contributed by atoms with van der Waals surface area (Å²) in [7, 11) is 0. The van der Waals surface area contributed by atoms with Gasteiger partial charge in [-0.05, 0) is 30.7 Å². The van der Waals surface area contributed by atoms with Crippen LogP contribution in [0.15, 0.2) is 42.9 Å². The third-order valence-electron chi connectivity index (χ3n) is 6.16. The van der Waals surface area contributed by atoms with Crippen LogP contribution in [0.2, 0.25) is 0 Å². The zero-order chi connectivity index (χ0) is 19.8. The first kappa shape index (κ1) is 17.8. The zero-order valence-corrected chi connectivity index (χ0v) is 16.2.